The van der Waals surface area contributed by atoms with Crippen molar-refractivity contribution in [2.24, 2.45) is 0 Å². The van der Waals surface area contributed by atoms with Crippen LogP contribution in [0.3, 0.4) is 0 Å². The molecule has 0 aliphatic heterocycles. The molecule has 0 fully saturated rings. The van der Waals surface area contributed by atoms with Gasteiger partial charge < -0.3 is 4.74 Å². The van der Waals surface area contributed by atoms with Crippen LogP contribution in [0, 0.1) is 0 Å². The highest BCUT2D eigenvalue weighted by molar-refractivity contribution is 6.20. The number of alkyl halides is 1. The number of hydrogen-bond acceptors (Lipinski definition) is 1. The van der Waals surface area contributed by atoms with Crippen LogP contribution in [0.5, 0.6) is 0 Å². The highest BCUT2D eigenvalue weighted by atomic mass is 35.5. The van der Waals surface area contributed by atoms with Crippen LogP contribution < -0.4 is 0 Å². The van der Waals surface area contributed by atoms with Crippen LogP contribution in [0.2, 0.25) is 0 Å². The van der Waals surface area contributed by atoms with Gasteiger partial charge in [0.15, 0.2) is 0 Å². The van der Waals surface area contributed by atoms with Crippen LogP contribution in [-0.4, -0.2) is 12.0 Å². The average molecular weight is 239 g/mol. The van der Waals surface area contributed by atoms with Crippen molar-refractivity contribution in [3.8, 4) is 0 Å². The van der Waals surface area contributed by atoms with E-state index in [-0.39, 0.29) is 5.38 Å². The number of benzene rings is 1. The summed E-state index contributed by atoms with van der Waals surface area (Å²) in [5, 5.41) is 0.125. The summed E-state index contributed by atoms with van der Waals surface area (Å²) in [6.07, 6.45) is 7.04. The predicted octanol–water partition coefficient (Wildman–Crippen LogP) is 4.47. The summed E-state index contributed by atoms with van der Waals surface area (Å²) in [7, 11) is 0. The lowest BCUT2D eigenvalue weighted by molar-refractivity contribution is 0.246. The van der Waals surface area contributed by atoms with Crippen molar-refractivity contribution < 1.29 is 4.74 Å². The van der Waals surface area contributed by atoms with E-state index >= 15 is 0 Å². The van der Waals surface area contributed by atoms with E-state index in [1.807, 2.05) is 36.4 Å². The first-order chi connectivity index (χ1) is 7.83. The highest BCUT2D eigenvalue weighted by Crippen LogP contribution is 2.08. The third kappa shape index (κ3) is 5.82. The van der Waals surface area contributed by atoms with Crippen molar-refractivity contribution in [2.75, 3.05) is 6.61 Å². The summed E-state index contributed by atoms with van der Waals surface area (Å²) in [5.41, 5.74) is 1.14. The fourth-order valence-corrected chi connectivity index (χ4v) is 1.59. The molecule has 1 rings (SSSR count). The molecule has 1 aromatic carbocycles. The molecule has 0 heterocycles. The molecule has 0 saturated carbocycles. The van der Waals surface area contributed by atoms with Crippen LogP contribution in [0.25, 0.3) is 6.08 Å². The topological polar surface area (TPSA) is 9.23 Å². The number of rotatable bonds is 7. The smallest absolute Gasteiger partial charge is 0.104 e. The highest BCUT2D eigenvalue weighted by Gasteiger charge is 2.02. The third-order valence-corrected chi connectivity index (χ3v) is 2.65. The van der Waals surface area contributed by atoms with Crippen molar-refractivity contribution in [1.82, 2.24) is 0 Å². The number of halogens is 1. The van der Waals surface area contributed by atoms with Gasteiger partial charge in [0, 0.05) is 0 Å². The Morgan fingerprint density at radius 1 is 1.31 bits per heavy atom. The van der Waals surface area contributed by atoms with E-state index in [0.29, 0.717) is 6.61 Å². The molecule has 16 heavy (non-hydrogen) atoms. The Bertz CT molecular complexity index is 295. The number of unbranched alkanes of at least 4 members (excludes halogenated alkanes) is 1. The van der Waals surface area contributed by atoms with Gasteiger partial charge in [-0.1, -0.05) is 50.1 Å². The second-order valence-electron chi connectivity index (χ2n) is 3.79. The van der Waals surface area contributed by atoms with Gasteiger partial charge in [0.2, 0.25) is 0 Å². The molecule has 0 saturated heterocycles. The maximum atomic E-state index is 6.08. The molecule has 0 aliphatic rings. The fourth-order valence-electron chi connectivity index (χ4n) is 1.36. The Hall–Kier alpha value is -0.950. The molecule has 0 bridgehead atoms. The Balaban J connectivity index is 2.17. The molecule has 0 aliphatic carbocycles. The lowest BCUT2D eigenvalue weighted by Crippen LogP contribution is -2.05. The quantitative estimate of drug-likeness (QED) is 0.503. The van der Waals surface area contributed by atoms with Gasteiger partial charge in [-0.3, -0.25) is 0 Å². The maximum absolute atomic E-state index is 6.08. The predicted molar refractivity (Wildman–Crippen MR) is 70.6 cm³/mol. The Morgan fingerprint density at radius 3 is 2.75 bits per heavy atom. The van der Waals surface area contributed by atoms with Gasteiger partial charge in [0.05, 0.1) is 11.6 Å². The van der Waals surface area contributed by atoms with Crippen molar-refractivity contribution in [3.05, 3.63) is 42.2 Å². The molecular formula is C14H19ClO. The maximum Gasteiger partial charge on any atom is 0.104 e. The van der Waals surface area contributed by atoms with Crippen molar-refractivity contribution in [3.63, 3.8) is 0 Å². The monoisotopic (exact) mass is 238 g/mol. The van der Waals surface area contributed by atoms with Gasteiger partial charge in [-0.2, -0.15) is 0 Å². The fraction of sp³-hybridized carbons (Fsp3) is 0.429. The van der Waals surface area contributed by atoms with Gasteiger partial charge in [0.25, 0.3) is 0 Å². The SMILES string of the molecule is CCCCC(Cl)COC=Cc1ccccc1. The molecular weight excluding hydrogens is 220 g/mol. The van der Waals surface area contributed by atoms with E-state index in [0.717, 1.165) is 12.0 Å². The first kappa shape index (κ1) is 13.1. The molecule has 0 amide bonds. The normalized spacial score (nSPS) is 12.9. The van der Waals surface area contributed by atoms with E-state index in [1.165, 1.54) is 12.8 Å². The third-order valence-electron chi connectivity index (χ3n) is 2.30. The van der Waals surface area contributed by atoms with Gasteiger partial charge >= 0.3 is 0 Å². The molecule has 1 atom stereocenters. The van der Waals surface area contributed by atoms with Crippen LogP contribution in [0.1, 0.15) is 31.7 Å². The van der Waals surface area contributed by atoms with Crippen LogP contribution in [0.15, 0.2) is 36.6 Å². The minimum absolute atomic E-state index is 0.125. The average Bonchev–Trinajstić information content (AvgIpc) is 2.33. The molecule has 0 spiro atoms. The minimum Gasteiger partial charge on any atom is -0.500 e. The summed E-state index contributed by atoms with van der Waals surface area (Å²) >= 11 is 6.08. The summed E-state index contributed by atoms with van der Waals surface area (Å²) in [4.78, 5) is 0. The van der Waals surface area contributed by atoms with E-state index in [4.69, 9.17) is 16.3 Å². The standard InChI is InChI=1S/C14H19ClO/c1-2-3-9-14(15)12-16-11-10-13-7-5-4-6-8-13/h4-8,10-11,14H,2-3,9,12H2,1H3. The Morgan fingerprint density at radius 2 is 2.06 bits per heavy atom. The second kappa shape index (κ2) is 8.23. The van der Waals surface area contributed by atoms with Crippen LogP contribution >= 0.6 is 11.6 Å². The van der Waals surface area contributed by atoms with E-state index in [2.05, 4.69) is 6.92 Å². The van der Waals surface area contributed by atoms with E-state index in [1.54, 1.807) is 6.26 Å². The van der Waals surface area contributed by atoms with Gasteiger partial charge in [-0.15, -0.1) is 11.6 Å². The molecule has 88 valence electrons. The molecule has 0 radical (unpaired) electrons. The second-order valence-corrected chi connectivity index (χ2v) is 4.40. The minimum atomic E-state index is 0.125. The zero-order valence-electron chi connectivity index (χ0n) is 9.73. The molecule has 2 heteroatoms. The lowest BCUT2D eigenvalue weighted by Gasteiger charge is -2.07. The first-order valence-corrected chi connectivity index (χ1v) is 6.24. The van der Waals surface area contributed by atoms with E-state index in [9.17, 15) is 0 Å². The molecule has 0 aromatic heterocycles. The first-order valence-electron chi connectivity index (χ1n) is 5.80. The lowest BCUT2D eigenvalue weighted by atomic mass is 10.2. The summed E-state index contributed by atoms with van der Waals surface area (Å²) in [6.45, 7) is 2.75. The summed E-state index contributed by atoms with van der Waals surface area (Å²) in [6, 6.07) is 10.1. The molecule has 1 unspecified atom stereocenters. The van der Waals surface area contributed by atoms with Crippen molar-refractivity contribution >= 4 is 17.7 Å². The van der Waals surface area contributed by atoms with E-state index < -0.39 is 0 Å². The molecule has 1 nitrogen and oxygen atoms in total. The van der Waals surface area contributed by atoms with Gasteiger partial charge in [-0.25, -0.2) is 0 Å². The number of hydrogen-bond donors (Lipinski definition) is 0. The Labute approximate surface area is 103 Å². The summed E-state index contributed by atoms with van der Waals surface area (Å²) < 4.78 is 5.38. The van der Waals surface area contributed by atoms with Gasteiger partial charge in [0.1, 0.15) is 6.61 Å². The zero-order valence-corrected chi connectivity index (χ0v) is 10.5. The van der Waals surface area contributed by atoms with Crippen LogP contribution in [-0.2, 0) is 4.74 Å². The zero-order chi connectivity index (χ0) is 11.6. The summed E-state index contributed by atoms with van der Waals surface area (Å²) in [5.74, 6) is 0. The molecule has 1 aromatic rings. The largest absolute Gasteiger partial charge is 0.500 e. The molecule has 0 N–H and O–H groups in total. The number of ether oxygens (including phenoxy) is 1. The van der Waals surface area contributed by atoms with Crippen LogP contribution in [0.4, 0.5) is 0 Å². The van der Waals surface area contributed by atoms with Gasteiger partial charge in [-0.05, 0) is 18.1 Å². The van der Waals surface area contributed by atoms with Crippen molar-refractivity contribution in [2.45, 2.75) is 31.6 Å². The Kier molecular flexibility index (Phi) is 6.75. The van der Waals surface area contributed by atoms with Crippen molar-refractivity contribution in [1.29, 1.82) is 0 Å².